The lowest BCUT2D eigenvalue weighted by atomic mass is 10.3. The monoisotopic (exact) mass is 358 g/mol. The second kappa shape index (κ2) is 5.83. The van der Waals surface area contributed by atoms with E-state index in [4.69, 9.17) is 17.3 Å². The van der Waals surface area contributed by atoms with Crippen molar-refractivity contribution in [1.29, 1.82) is 0 Å². The van der Waals surface area contributed by atoms with Crippen LogP contribution in [-0.4, -0.2) is 32.4 Å². The van der Waals surface area contributed by atoms with E-state index < -0.39 is 26.8 Å². The Morgan fingerprint density at radius 3 is 2.61 bits per heavy atom. The Labute approximate surface area is 119 Å². The number of likely N-dealkylation sites (N-methyl/N-ethyl adjacent to an activating group) is 1. The first kappa shape index (κ1) is 15.8. The summed E-state index contributed by atoms with van der Waals surface area (Å²) in [7, 11) is -2.60. The quantitative estimate of drug-likeness (QED) is 0.838. The van der Waals surface area contributed by atoms with Gasteiger partial charge in [0.15, 0.2) is 0 Å². The van der Waals surface area contributed by atoms with Crippen LogP contribution in [0.4, 0.5) is 4.39 Å². The predicted octanol–water partition coefficient (Wildman–Crippen LogP) is 2.21. The van der Waals surface area contributed by atoms with Gasteiger partial charge in [-0.2, -0.15) is 4.31 Å². The van der Waals surface area contributed by atoms with Crippen molar-refractivity contribution >= 4 is 37.6 Å². The SMILES string of the molecule is CC(CN)N(C)S(=O)(=O)c1cc(Cl)c(Br)cc1F. The van der Waals surface area contributed by atoms with Gasteiger partial charge in [0.25, 0.3) is 0 Å². The maximum absolute atomic E-state index is 13.7. The van der Waals surface area contributed by atoms with E-state index in [0.29, 0.717) is 4.47 Å². The molecule has 1 unspecified atom stereocenters. The van der Waals surface area contributed by atoms with Crippen molar-refractivity contribution in [3.05, 3.63) is 27.4 Å². The average Bonchev–Trinajstić information content (AvgIpc) is 2.31. The van der Waals surface area contributed by atoms with Gasteiger partial charge in [-0.3, -0.25) is 0 Å². The fraction of sp³-hybridized carbons (Fsp3) is 0.400. The number of nitrogens with two attached hydrogens (primary N) is 1. The molecule has 0 fully saturated rings. The highest BCUT2D eigenvalue weighted by atomic mass is 79.9. The van der Waals surface area contributed by atoms with Crippen LogP contribution in [0.5, 0.6) is 0 Å². The third kappa shape index (κ3) is 3.03. The predicted molar refractivity (Wildman–Crippen MR) is 72.6 cm³/mol. The average molecular weight is 360 g/mol. The third-order valence-electron chi connectivity index (χ3n) is 2.59. The molecule has 0 saturated heterocycles. The molecule has 102 valence electrons. The van der Waals surface area contributed by atoms with Gasteiger partial charge in [-0.1, -0.05) is 11.6 Å². The summed E-state index contributed by atoms with van der Waals surface area (Å²) >= 11 is 8.81. The van der Waals surface area contributed by atoms with E-state index in [1.165, 1.54) is 7.05 Å². The van der Waals surface area contributed by atoms with Crippen LogP contribution in [0.3, 0.4) is 0 Å². The minimum absolute atomic E-state index is 0.128. The first-order valence-corrected chi connectivity index (χ1v) is 7.65. The fourth-order valence-corrected chi connectivity index (χ4v) is 3.23. The molecule has 0 aromatic heterocycles. The molecule has 1 aromatic carbocycles. The normalized spacial score (nSPS) is 13.9. The highest BCUT2D eigenvalue weighted by Gasteiger charge is 2.28. The van der Waals surface area contributed by atoms with Gasteiger partial charge in [-0.05, 0) is 35.0 Å². The van der Waals surface area contributed by atoms with Crippen molar-refractivity contribution in [2.45, 2.75) is 17.9 Å². The van der Waals surface area contributed by atoms with Crippen molar-refractivity contribution in [2.24, 2.45) is 5.73 Å². The van der Waals surface area contributed by atoms with Gasteiger partial charge in [-0.15, -0.1) is 0 Å². The van der Waals surface area contributed by atoms with Gasteiger partial charge in [-0.25, -0.2) is 12.8 Å². The molecule has 2 N–H and O–H groups in total. The summed E-state index contributed by atoms with van der Waals surface area (Å²) in [5.74, 6) is -0.859. The van der Waals surface area contributed by atoms with Crippen LogP contribution in [0, 0.1) is 5.82 Å². The van der Waals surface area contributed by atoms with Crippen LogP contribution in [0.2, 0.25) is 5.02 Å². The van der Waals surface area contributed by atoms with Gasteiger partial charge in [0.2, 0.25) is 10.0 Å². The van der Waals surface area contributed by atoms with Crippen LogP contribution < -0.4 is 5.73 Å². The highest BCUT2D eigenvalue weighted by Crippen LogP contribution is 2.29. The number of hydrogen-bond donors (Lipinski definition) is 1. The minimum atomic E-state index is -3.95. The minimum Gasteiger partial charge on any atom is -0.329 e. The van der Waals surface area contributed by atoms with E-state index in [-0.39, 0.29) is 11.6 Å². The number of nitrogens with zero attached hydrogens (tertiary/aromatic N) is 1. The molecule has 0 spiro atoms. The van der Waals surface area contributed by atoms with Crippen molar-refractivity contribution in [3.8, 4) is 0 Å². The summed E-state index contributed by atoms with van der Waals surface area (Å²) in [6.07, 6.45) is 0. The standard InChI is InChI=1S/C10H13BrClFN2O2S/c1-6(5-14)15(2)18(16,17)10-4-8(12)7(11)3-9(10)13/h3-4,6H,5,14H2,1-2H3. The van der Waals surface area contributed by atoms with Crippen LogP contribution in [0.15, 0.2) is 21.5 Å². The largest absolute Gasteiger partial charge is 0.329 e. The summed E-state index contributed by atoms with van der Waals surface area (Å²) in [5, 5.41) is 0.128. The maximum atomic E-state index is 13.7. The van der Waals surface area contributed by atoms with Gasteiger partial charge in [0.1, 0.15) is 10.7 Å². The molecular weight excluding hydrogens is 347 g/mol. The summed E-state index contributed by atoms with van der Waals surface area (Å²) in [5.41, 5.74) is 5.41. The van der Waals surface area contributed by atoms with E-state index in [0.717, 1.165) is 16.4 Å². The zero-order valence-electron chi connectivity index (χ0n) is 9.82. The molecule has 0 saturated carbocycles. The number of rotatable bonds is 4. The lowest BCUT2D eigenvalue weighted by molar-refractivity contribution is 0.391. The number of benzene rings is 1. The first-order chi connectivity index (χ1) is 8.21. The Balaban J connectivity index is 3.33. The lowest BCUT2D eigenvalue weighted by Gasteiger charge is -2.23. The Hall–Kier alpha value is -0.210. The van der Waals surface area contributed by atoms with Gasteiger partial charge in [0.05, 0.1) is 5.02 Å². The molecule has 0 aliphatic heterocycles. The van der Waals surface area contributed by atoms with Crippen LogP contribution in [0.1, 0.15) is 6.92 Å². The van der Waals surface area contributed by atoms with E-state index >= 15 is 0 Å². The Morgan fingerprint density at radius 2 is 2.11 bits per heavy atom. The molecule has 0 radical (unpaired) electrons. The van der Waals surface area contributed by atoms with E-state index in [1.54, 1.807) is 6.92 Å². The number of hydrogen-bond acceptors (Lipinski definition) is 3. The second-order valence-electron chi connectivity index (χ2n) is 3.80. The van der Waals surface area contributed by atoms with Crippen LogP contribution in [0.25, 0.3) is 0 Å². The molecule has 0 amide bonds. The summed E-state index contributed by atoms with van der Waals surface area (Å²) in [6.45, 7) is 1.78. The van der Waals surface area contributed by atoms with Crippen LogP contribution >= 0.6 is 27.5 Å². The van der Waals surface area contributed by atoms with Gasteiger partial charge in [0, 0.05) is 24.1 Å². The molecule has 0 aliphatic rings. The molecule has 1 atom stereocenters. The molecule has 18 heavy (non-hydrogen) atoms. The topological polar surface area (TPSA) is 63.4 Å². The zero-order chi connectivity index (χ0) is 14.1. The Bertz CT molecular complexity index is 553. The molecule has 1 aromatic rings. The number of halogens is 3. The van der Waals surface area contributed by atoms with E-state index in [2.05, 4.69) is 15.9 Å². The number of sulfonamides is 1. The third-order valence-corrected chi connectivity index (χ3v) is 5.78. The van der Waals surface area contributed by atoms with Crippen LogP contribution in [-0.2, 0) is 10.0 Å². The van der Waals surface area contributed by atoms with E-state index in [9.17, 15) is 12.8 Å². The Morgan fingerprint density at radius 1 is 1.56 bits per heavy atom. The summed E-state index contributed by atoms with van der Waals surface area (Å²) in [4.78, 5) is -0.460. The maximum Gasteiger partial charge on any atom is 0.246 e. The van der Waals surface area contributed by atoms with Crippen molar-refractivity contribution in [1.82, 2.24) is 4.31 Å². The molecule has 1 rings (SSSR count). The molecule has 0 heterocycles. The molecule has 0 bridgehead atoms. The Kier molecular flexibility index (Phi) is 5.13. The lowest BCUT2D eigenvalue weighted by Crippen LogP contribution is -2.39. The zero-order valence-corrected chi connectivity index (χ0v) is 13.0. The highest BCUT2D eigenvalue weighted by molar-refractivity contribution is 9.10. The van der Waals surface area contributed by atoms with Crippen molar-refractivity contribution in [2.75, 3.05) is 13.6 Å². The van der Waals surface area contributed by atoms with Gasteiger partial charge < -0.3 is 5.73 Å². The smallest absolute Gasteiger partial charge is 0.246 e. The van der Waals surface area contributed by atoms with Crippen molar-refractivity contribution < 1.29 is 12.8 Å². The molecule has 4 nitrogen and oxygen atoms in total. The second-order valence-corrected chi connectivity index (χ2v) is 7.03. The van der Waals surface area contributed by atoms with E-state index in [1.807, 2.05) is 0 Å². The van der Waals surface area contributed by atoms with Gasteiger partial charge >= 0.3 is 0 Å². The first-order valence-electron chi connectivity index (χ1n) is 5.04. The fourth-order valence-electron chi connectivity index (χ4n) is 1.24. The molecule has 0 aliphatic carbocycles. The molecular formula is C10H13BrClFN2O2S. The molecule has 8 heteroatoms. The summed E-state index contributed by atoms with van der Waals surface area (Å²) in [6, 6.07) is 1.67. The summed E-state index contributed by atoms with van der Waals surface area (Å²) < 4.78 is 39.4. The van der Waals surface area contributed by atoms with Crippen molar-refractivity contribution in [3.63, 3.8) is 0 Å².